The van der Waals surface area contributed by atoms with E-state index in [9.17, 15) is 0 Å². The molecule has 3 rings (SSSR count). The van der Waals surface area contributed by atoms with Crippen molar-refractivity contribution in [2.24, 2.45) is 5.73 Å². The van der Waals surface area contributed by atoms with Crippen LogP contribution in [-0.4, -0.2) is 9.97 Å². The summed E-state index contributed by atoms with van der Waals surface area (Å²) >= 11 is 3.47. The van der Waals surface area contributed by atoms with Crippen LogP contribution < -0.4 is 5.73 Å². The van der Waals surface area contributed by atoms with Crippen molar-refractivity contribution >= 4 is 27.0 Å². The molecule has 0 radical (unpaired) electrons. The summed E-state index contributed by atoms with van der Waals surface area (Å²) in [7, 11) is 0. The summed E-state index contributed by atoms with van der Waals surface area (Å²) in [5.41, 5.74) is 9.82. The van der Waals surface area contributed by atoms with Gasteiger partial charge in [0, 0.05) is 16.6 Å². The van der Waals surface area contributed by atoms with Gasteiger partial charge in [-0.25, -0.2) is 4.98 Å². The van der Waals surface area contributed by atoms with Crippen molar-refractivity contribution < 1.29 is 0 Å². The molecule has 3 N–H and O–H groups in total. The standard InChI is InChI=1S/C14H12BrN3/c15-11-5-1-3-9(7-11)14-17-12-6-2-4-10(8-16)13(12)18-14/h1-7H,8,16H2,(H,17,18). The second-order valence-electron chi connectivity index (χ2n) is 4.11. The van der Waals surface area contributed by atoms with Crippen LogP contribution in [0, 0.1) is 0 Å². The second-order valence-corrected chi connectivity index (χ2v) is 5.03. The lowest BCUT2D eigenvalue weighted by molar-refractivity contribution is 1.08. The molecule has 0 saturated carbocycles. The number of imidazole rings is 1. The maximum atomic E-state index is 5.73. The molecule has 0 bridgehead atoms. The monoisotopic (exact) mass is 301 g/mol. The van der Waals surface area contributed by atoms with Gasteiger partial charge in [0.2, 0.25) is 0 Å². The molecule has 0 atom stereocenters. The zero-order chi connectivity index (χ0) is 12.5. The maximum absolute atomic E-state index is 5.73. The molecule has 90 valence electrons. The fourth-order valence-electron chi connectivity index (χ4n) is 2.03. The van der Waals surface area contributed by atoms with Gasteiger partial charge in [-0.05, 0) is 23.8 Å². The smallest absolute Gasteiger partial charge is 0.138 e. The average molecular weight is 302 g/mol. The summed E-state index contributed by atoms with van der Waals surface area (Å²) < 4.78 is 1.04. The van der Waals surface area contributed by atoms with Crippen molar-refractivity contribution in [3.63, 3.8) is 0 Å². The Bertz CT molecular complexity index is 703. The number of hydrogen-bond donors (Lipinski definition) is 2. The van der Waals surface area contributed by atoms with Crippen molar-refractivity contribution in [3.8, 4) is 11.4 Å². The first kappa shape index (κ1) is 11.4. The number of nitrogens with one attached hydrogen (secondary N) is 1. The number of para-hydroxylation sites is 1. The minimum Gasteiger partial charge on any atom is -0.338 e. The number of nitrogens with zero attached hydrogens (tertiary/aromatic N) is 1. The minimum atomic E-state index is 0.500. The topological polar surface area (TPSA) is 54.7 Å². The van der Waals surface area contributed by atoms with E-state index in [1.807, 2.05) is 42.5 Å². The highest BCUT2D eigenvalue weighted by molar-refractivity contribution is 9.10. The highest BCUT2D eigenvalue weighted by Gasteiger charge is 2.08. The van der Waals surface area contributed by atoms with Crippen molar-refractivity contribution in [2.45, 2.75) is 6.54 Å². The Morgan fingerprint density at radius 1 is 1.17 bits per heavy atom. The Morgan fingerprint density at radius 3 is 2.78 bits per heavy atom. The van der Waals surface area contributed by atoms with E-state index in [1.165, 1.54) is 0 Å². The Labute approximate surface area is 113 Å². The van der Waals surface area contributed by atoms with Gasteiger partial charge in [-0.3, -0.25) is 0 Å². The van der Waals surface area contributed by atoms with E-state index in [2.05, 4.69) is 25.9 Å². The predicted octanol–water partition coefficient (Wildman–Crippen LogP) is 3.45. The van der Waals surface area contributed by atoms with Gasteiger partial charge in [0.1, 0.15) is 5.82 Å². The first-order valence-corrected chi connectivity index (χ1v) is 6.51. The quantitative estimate of drug-likeness (QED) is 0.762. The average Bonchev–Trinajstić information content (AvgIpc) is 2.82. The minimum absolute atomic E-state index is 0.500. The van der Waals surface area contributed by atoms with Crippen molar-refractivity contribution in [3.05, 3.63) is 52.5 Å². The van der Waals surface area contributed by atoms with E-state index in [1.54, 1.807) is 0 Å². The first-order chi connectivity index (χ1) is 8.78. The summed E-state index contributed by atoms with van der Waals surface area (Å²) in [6.45, 7) is 0.500. The van der Waals surface area contributed by atoms with Gasteiger partial charge >= 0.3 is 0 Å². The number of halogens is 1. The highest BCUT2D eigenvalue weighted by atomic mass is 79.9. The molecule has 18 heavy (non-hydrogen) atoms. The lowest BCUT2D eigenvalue weighted by Crippen LogP contribution is -1.96. The molecule has 0 unspecified atom stereocenters. The van der Waals surface area contributed by atoms with E-state index >= 15 is 0 Å². The van der Waals surface area contributed by atoms with Gasteiger partial charge in [-0.2, -0.15) is 0 Å². The number of benzene rings is 2. The molecular formula is C14H12BrN3. The van der Waals surface area contributed by atoms with Crippen LogP contribution in [0.25, 0.3) is 22.4 Å². The SMILES string of the molecule is NCc1cccc2[nH]c(-c3cccc(Br)c3)nc12. The lowest BCUT2D eigenvalue weighted by Gasteiger charge is -1.96. The largest absolute Gasteiger partial charge is 0.338 e. The summed E-state index contributed by atoms with van der Waals surface area (Å²) in [6, 6.07) is 14.1. The third-order valence-corrected chi connectivity index (χ3v) is 3.41. The molecule has 2 aromatic carbocycles. The molecule has 1 heterocycles. The molecule has 3 nitrogen and oxygen atoms in total. The number of nitrogens with two attached hydrogens (primary N) is 1. The number of rotatable bonds is 2. The molecule has 3 aromatic rings. The highest BCUT2D eigenvalue weighted by Crippen LogP contribution is 2.24. The molecule has 0 aliphatic carbocycles. The molecule has 0 fully saturated rings. The van der Waals surface area contributed by atoms with E-state index in [0.29, 0.717) is 6.54 Å². The van der Waals surface area contributed by atoms with Crippen LogP contribution >= 0.6 is 15.9 Å². The van der Waals surface area contributed by atoms with Crippen LogP contribution in [-0.2, 0) is 6.54 Å². The summed E-state index contributed by atoms with van der Waals surface area (Å²) in [4.78, 5) is 7.96. The molecule has 0 spiro atoms. The molecule has 0 amide bonds. The predicted molar refractivity (Wildman–Crippen MR) is 77.1 cm³/mol. The number of H-pyrrole nitrogens is 1. The van der Waals surface area contributed by atoms with Crippen molar-refractivity contribution in [2.75, 3.05) is 0 Å². The van der Waals surface area contributed by atoms with Gasteiger partial charge in [0.15, 0.2) is 0 Å². The number of aromatic nitrogens is 2. The molecule has 0 aliphatic rings. The summed E-state index contributed by atoms with van der Waals surface area (Å²) in [5, 5.41) is 0. The summed E-state index contributed by atoms with van der Waals surface area (Å²) in [6.07, 6.45) is 0. The van der Waals surface area contributed by atoms with E-state index in [-0.39, 0.29) is 0 Å². The zero-order valence-electron chi connectivity index (χ0n) is 9.65. The van der Waals surface area contributed by atoms with Crippen LogP contribution in [0.1, 0.15) is 5.56 Å². The zero-order valence-corrected chi connectivity index (χ0v) is 11.2. The Balaban J connectivity index is 2.19. The lowest BCUT2D eigenvalue weighted by atomic mass is 10.2. The Kier molecular flexibility index (Phi) is 2.89. The van der Waals surface area contributed by atoms with Crippen LogP contribution in [0.5, 0.6) is 0 Å². The van der Waals surface area contributed by atoms with Crippen molar-refractivity contribution in [1.82, 2.24) is 9.97 Å². The number of aromatic amines is 1. The van der Waals surface area contributed by atoms with E-state index < -0.39 is 0 Å². The second kappa shape index (κ2) is 4.55. The molecule has 0 saturated heterocycles. The summed E-state index contributed by atoms with van der Waals surface area (Å²) in [5.74, 6) is 0.868. The van der Waals surface area contributed by atoms with E-state index in [4.69, 9.17) is 5.73 Å². The number of hydrogen-bond acceptors (Lipinski definition) is 2. The fraction of sp³-hybridized carbons (Fsp3) is 0.0714. The fourth-order valence-corrected chi connectivity index (χ4v) is 2.43. The molecule has 0 aliphatic heterocycles. The first-order valence-electron chi connectivity index (χ1n) is 5.71. The van der Waals surface area contributed by atoms with Gasteiger partial charge in [-0.1, -0.05) is 40.2 Å². The van der Waals surface area contributed by atoms with E-state index in [0.717, 1.165) is 32.5 Å². The third kappa shape index (κ3) is 1.94. The normalized spacial score (nSPS) is 11.0. The third-order valence-electron chi connectivity index (χ3n) is 2.91. The van der Waals surface area contributed by atoms with Crippen molar-refractivity contribution in [1.29, 1.82) is 0 Å². The van der Waals surface area contributed by atoms with Gasteiger partial charge in [0.25, 0.3) is 0 Å². The van der Waals surface area contributed by atoms with Crippen LogP contribution in [0.2, 0.25) is 0 Å². The Morgan fingerprint density at radius 2 is 2.00 bits per heavy atom. The molecular weight excluding hydrogens is 290 g/mol. The maximum Gasteiger partial charge on any atom is 0.138 e. The van der Waals surface area contributed by atoms with Crippen LogP contribution in [0.15, 0.2) is 46.9 Å². The van der Waals surface area contributed by atoms with Gasteiger partial charge < -0.3 is 10.7 Å². The molecule has 4 heteroatoms. The molecule has 1 aromatic heterocycles. The van der Waals surface area contributed by atoms with Crippen LogP contribution in [0.4, 0.5) is 0 Å². The van der Waals surface area contributed by atoms with Gasteiger partial charge in [0.05, 0.1) is 11.0 Å². The Hall–Kier alpha value is -1.65. The number of fused-ring (bicyclic) bond motifs is 1. The van der Waals surface area contributed by atoms with Crippen LogP contribution in [0.3, 0.4) is 0 Å². The van der Waals surface area contributed by atoms with Gasteiger partial charge in [-0.15, -0.1) is 0 Å².